The van der Waals surface area contributed by atoms with Crippen LogP contribution in [-0.4, -0.2) is 24.1 Å². The Morgan fingerprint density at radius 2 is 0.827 bits per heavy atom. The highest BCUT2D eigenvalue weighted by Crippen LogP contribution is 2.35. The number of fused-ring (bicyclic) bond motifs is 6. The summed E-state index contributed by atoms with van der Waals surface area (Å²) < 4.78 is 4.45. The van der Waals surface area contributed by atoms with E-state index in [0.717, 1.165) is 49.7 Å². The van der Waals surface area contributed by atoms with Crippen LogP contribution in [0.15, 0.2) is 170 Å². The van der Waals surface area contributed by atoms with Crippen molar-refractivity contribution < 1.29 is 0 Å². The molecule has 0 saturated heterocycles. The van der Waals surface area contributed by atoms with Gasteiger partial charge in [-0.05, 0) is 71.8 Å². The summed E-state index contributed by atoms with van der Waals surface area (Å²) in [6, 6.07) is 60.5. The maximum absolute atomic E-state index is 9.42. The maximum Gasteiger partial charge on any atom is 0.238 e. The Bertz CT molecular complexity index is 2910. The van der Waals surface area contributed by atoms with E-state index in [1.807, 2.05) is 24.3 Å². The van der Waals surface area contributed by atoms with Gasteiger partial charge in [0.05, 0.1) is 33.7 Å². The molecule has 3 aromatic heterocycles. The fourth-order valence-electron chi connectivity index (χ4n) is 7.39. The molecule has 0 aliphatic rings. The Hall–Kier alpha value is -7.36. The van der Waals surface area contributed by atoms with Crippen molar-refractivity contribution in [2.24, 2.45) is 0 Å². The van der Waals surface area contributed by atoms with Crippen molar-refractivity contribution in [1.82, 2.24) is 24.1 Å². The zero-order valence-corrected chi connectivity index (χ0v) is 27.8. The van der Waals surface area contributed by atoms with E-state index < -0.39 is 0 Å². The minimum absolute atomic E-state index is 0.532. The first kappa shape index (κ1) is 29.5. The highest BCUT2D eigenvalue weighted by molar-refractivity contribution is 6.10. The Morgan fingerprint density at radius 3 is 1.33 bits per heavy atom. The average Bonchev–Trinajstić information content (AvgIpc) is 3.74. The lowest BCUT2D eigenvalue weighted by Crippen LogP contribution is -2.06. The number of hydrogen-bond acceptors (Lipinski definition) is 4. The molecule has 10 rings (SSSR count). The minimum atomic E-state index is 0.532. The number of nitriles is 1. The van der Waals surface area contributed by atoms with Crippen molar-refractivity contribution in [3.8, 4) is 51.6 Å². The number of rotatable bonds is 5. The molecule has 0 spiro atoms. The summed E-state index contributed by atoms with van der Waals surface area (Å²) in [5.74, 6) is 1.64. The van der Waals surface area contributed by atoms with E-state index in [1.54, 1.807) is 12.1 Å². The quantitative estimate of drug-likeness (QED) is 0.184. The minimum Gasteiger partial charge on any atom is -0.309 e. The summed E-state index contributed by atoms with van der Waals surface area (Å²) in [6.07, 6.45) is 0. The summed E-state index contributed by atoms with van der Waals surface area (Å²) in [7, 11) is 0. The number of nitrogens with zero attached hydrogens (tertiary/aromatic N) is 6. The van der Waals surface area contributed by atoms with Crippen molar-refractivity contribution in [3.05, 3.63) is 175 Å². The van der Waals surface area contributed by atoms with E-state index in [2.05, 4.69) is 149 Å². The van der Waals surface area contributed by atoms with Crippen LogP contribution < -0.4 is 0 Å². The molecule has 0 aliphatic carbocycles. The number of aromatic nitrogens is 5. The first-order chi connectivity index (χ1) is 25.7. The molecule has 6 heteroatoms. The van der Waals surface area contributed by atoms with Gasteiger partial charge in [-0.3, -0.25) is 4.57 Å². The molecule has 0 saturated carbocycles. The highest BCUT2D eigenvalue weighted by atomic mass is 15.2. The lowest BCUT2D eigenvalue weighted by atomic mass is 10.0. The Morgan fingerprint density at radius 1 is 0.385 bits per heavy atom. The summed E-state index contributed by atoms with van der Waals surface area (Å²) in [5.41, 5.74) is 9.99. The van der Waals surface area contributed by atoms with Gasteiger partial charge < -0.3 is 4.57 Å². The Balaban J connectivity index is 1.09. The highest BCUT2D eigenvalue weighted by Gasteiger charge is 2.18. The van der Waals surface area contributed by atoms with Crippen LogP contribution in [0.25, 0.3) is 89.2 Å². The van der Waals surface area contributed by atoms with Gasteiger partial charge in [-0.2, -0.15) is 15.2 Å². The van der Waals surface area contributed by atoms with E-state index in [-0.39, 0.29) is 0 Å². The third-order valence-electron chi connectivity index (χ3n) is 9.84. The molecule has 0 bridgehead atoms. The third kappa shape index (κ3) is 4.76. The molecule has 52 heavy (non-hydrogen) atoms. The smallest absolute Gasteiger partial charge is 0.238 e. The van der Waals surface area contributed by atoms with Gasteiger partial charge in [0.1, 0.15) is 0 Å². The predicted molar refractivity (Wildman–Crippen MR) is 210 cm³/mol. The monoisotopic (exact) mass is 664 g/mol. The molecule has 0 fully saturated rings. The van der Waals surface area contributed by atoms with E-state index in [4.69, 9.17) is 15.0 Å². The molecule has 0 amide bonds. The Labute approximate surface area is 299 Å². The van der Waals surface area contributed by atoms with Crippen LogP contribution in [0, 0.1) is 11.3 Å². The van der Waals surface area contributed by atoms with Gasteiger partial charge >= 0.3 is 0 Å². The van der Waals surface area contributed by atoms with Gasteiger partial charge in [0.25, 0.3) is 0 Å². The van der Waals surface area contributed by atoms with E-state index in [0.29, 0.717) is 23.2 Å². The zero-order valence-electron chi connectivity index (χ0n) is 27.8. The van der Waals surface area contributed by atoms with Crippen LogP contribution in [0.3, 0.4) is 0 Å². The summed E-state index contributed by atoms with van der Waals surface area (Å²) >= 11 is 0. The van der Waals surface area contributed by atoms with Crippen molar-refractivity contribution in [2.45, 2.75) is 0 Å². The third-order valence-corrected chi connectivity index (χ3v) is 9.84. The second kappa shape index (κ2) is 11.9. The van der Waals surface area contributed by atoms with Crippen molar-refractivity contribution in [1.29, 1.82) is 5.26 Å². The standard InChI is InChI=1S/C46H28N6/c47-29-30-20-22-32(23-21-30)44-48-45(50-46(49-44)52-42-18-7-3-14-38(42)39-15-4-8-19-43(39)52)33-26-24-31(25-27-33)34-10-9-11-35(28-34)51-40-16-5-1-12-36(40)37-13-2-6-17-41(37)51/h1-28H. The molecule has 7 aromatic carbocycles. The largest absolute Gasteiger partial charge is 0.309 e. The van der Waals surface area contributed by atoms with Gasteiger partial charge in [-0.15, -0.1) is 0 Å². The van der Waals surface area contributed by atoms with Crippen LogP contribution in [-0.2, 0) is 0 Å². The van der Waals surface area contributed by atoms with Crippen molar-refractivity contribution in [2.75, 3.05) is 0 Å². The maximum atomic E-state index is 9.42. The second-order valence-corrected chi connectivity index (χ2v) is 12.8. The molecule has 0 atom stereocenters. The first-order valence-electron chi connectivity index (χ1n) is 17.2. The summed E-state index contributed by atoms with van der Waals surface area (Å²) in [6.45, 7) is 0. The molecule has 0 radical (unpaired) electrons. The normalized spacial score (nSPS) is 11.4. The van der Waals surface area contributed by atoms with Crippen LogP contribution >= 0.6 is 0 Å². The number of hydrogen-bond donors (Lipinski definition) is 0. The van der Waals surface area contributed by atoms with Gasteiger partial charge in [0.15, 0.2) is 11.6 Å². The molecule has 0 aliphatic heterocycles. The van der Waals surface area contributed by atoms with Crippen LogP contribution in [0.4, 0.5) is 0 Å². The van der Waals surface area contributed by atoms with Gasteiger partial charge in [0.2, 0.25) is 5.95 Å². The van der Waals surface area contributed by atoms with E-state index in [9.17, 15) is 5.26 Å². The second-order valence-electron chi connectivity index (χ2n) is 12.8. The van der Waals surface area contributed by atoms with Crippen LogP contribution in [0.2, 0.25) is 0 Å². The zero-order chi connectivity index (χ0) is 34.6. The molecular formula is C46H28N6. The SMILES string of the molecule is N#Cc1ccc(-c2nc(-c3ccc(-c4cccc(-n5c6ccccc6c6ccccc65)c4)cc3)nc(-n3c4ccccc4c4ccccc43)n2)cc1. The molecular weight excluding hydrogens is 637 g/mol. The van der Waals surface area contributed by atoms with Crippen molar-refractivity contribution in [3.63, 3.8) is 0 Å². The average molecular weight is 665 g/mol. The molecule has 6 nitrogen and oxygen atoms in total. The van der Waals surface area contributed by atoms with Crippen LogP contribution in [0.1, 0.15) is 5.56 Å². The van der Waals surface area contributed by atoms with Gasteiger partial charge in [-0.25, -0.2) is 4.98 Å². The van der Waals surface area contributed by atoms with Gasteiger partial charge in [-0.1, -0.05) is 109 Å². The molecule has 0 N–H and O–H groups in total. The molecule has 3 heterocycles. The Kier molecular flexibility index (Phi) is 6.76. The summed E-state index contributed by atoms with van der Waals surface area (Å²) in [5, 5.41) is 14.2. The van der Waals surface area contributed by atoms with Gasteiger partial charge in [0, 0.05) is 38.4 Å². The number of benzene rings is 7. The summed E-state index contributed by atoms with van der Waals surface area (Å²) in [4.78, 5) is 15.1. The fourth-order valence-corrected chi connectivity index (χ4v) is 7.39. The number of para-hydroxylation sites is 4. The van der Waals surface area contributed by atoms with Crippen molar-refractivity contribution >= 4 is 43.6 Å². The van der Waals surface area contributed by atoms with E-state index in [1.165, 1.54) is 21.8 Å². The molecule has 242 valence electrons. The van der Waals surface area contributed by atoms with Crippen LogP contribution in [0.5, 0.6) is 0 Å². The lowest BCUT2D eigenvalue weighted by Gasteiger charge is -2.12. The van der Waals surface area contributed by atoms with E-state index >= 15 is 0 Å². The first-order valence-corrected chi connectivity index (χ1v) is 17.2. The lowest BCUT2D eigenvalue weighted by molar-refractivity contribution is 0.953. The molecule has 0 unspecified atom stereocenters. The fraction of sp³-hybridized carbons (Fsp3) is 0. The predicted octanol–water partition coefficient (Wildman–Crippen LogP) is 10.9. The molecule has 10 aromatic rings. The topological polar surface area (TPSA) is 72.3 Å².